The number of thiazole rings is 1. The zero-order chi connectivity index (χ0) is 11.5. The summed E-state index contributed by atoms with van der Waals surface area (Å²) in [4.78, 5) is 5.56. The lowest BCUT2D eigenvalue weighted by Crippen LogP contribution is -1.86. The Hall–Kier alpha value is -1.00. The highest BCUT2D eigenvalue weighted by molar-refractivity contribution is 7.99. The fourth-order valence-corrected chi connectivity index (χ4v) is 2.92. The molecule has 84 valence electrons. The summed E-state index contributed by atoms with van der Waals surface area (Å²) in [6, 6.07) is 8.47. The van der Waals surface area contributed by atoms with Crippen LogP contribution >= 0.6 is 23.1 Å². The standard InChI is InChI=1S/C12H14N2S2/c1-8(2)16-10-5-3-9(4-6-10)12-14-11(13)7-15-12/h3-8H,13H2,1-2H3. The molecule has 2 aromatic rings. The average molecular weight is 250 g/mol. The number of aromatic nitrogens is 1. The van der Waals surface area contributed by atoms with Gasteiger partial charge < -0.3 is 5.73 Å². The highest BCUT2D eigenvalue weighted by atomic mass is 32.2. The van der Waals surface area contributed by atoms with Gasteiger partial charge in [-0.1, -0.05) is 26.0 Å². The molecule has 2 rings (SSSR count). The molecule has 0 saturated carbocycles. The molecule has 0 radical (unpaired) electrons. The summed E-state index contributed by atoms with van der Waals surface area (Å²) in [5, 5.41) is 3.46. The number of thioether (sulfide) groups is 1. The van der Waals surface area contributed by atoms with E-state index in [2.05, 4.69) is 43.1 Å². The number of anilines is 1. The summed E-state index contributed by atoms with van der Waals surface area (Å²) in [5.74, 6) is 0.598. The smallest absolute Gasteiger partial charge is 0.135 e. The van der Waals surface area contributed by atoms with Crippen LogP contribution in [0.5, 0.6) is 0 Å². The Morgan fingerprint density at radius 1 is 1.25 bits per heavy atom. The van der Waals surface area contributed by atoms with Crippen molar-refractivity contribution in [3.05, 3.63) is 29.6 Å². The van der Waals surface area contributed by atoms with Crippen LogP contribution in [0, 0.1) is 0 Å². The fraction of sp³-hybridized carbons (Fsp3) is 0.250. The van der Waals surface area contributed by atoms with Crippen molar-refractivity contribution in [3.8, 4) is 10.6 Å². The molecule has 0 unspecified atom stereocenters. The first kappa shape index (κ1) is 11.5. The van der Waals surface area contributed by atoms with Crippen LogP contribution in [-0.2, 0) is 0 Å². The third kappa shape index (κ3) is 2.77. The van der Waals surface area contributed by atoms with Crippen molar-refractivity contribution in [1.29, 1.82) is 0 Å². The van der Waals surface area contributed by atoms with Gasteiger partial charge in [0.15, 0.2) is 0 Å². The van der Waals surface area contributed by atoms with E-state index < -0.39 is 0 Å². The molecule has 2 N–H and O–H groups in total. The number of nitrogens with two attached hydrogens (primary N) is 1. The zero-order valence-corrected chi connectivity index (χ0v) is 10.9. The number of hydrogen-bond acceptors (Lipinski definition) is 4. The van der Waals surface area contributed by atoms with E-state index in [1.165, 1.54) is 4.90 Å². The Balaban J connectivity index is 2.19. The van der Waals surface area contributed by atoms with Crippen molar-refractivity contribution >= 4 is 28.9 Å². The van der Waals surface area contributed by atoms with E-state index in [9.17, 15) is 0 Å². The maximum absolute atomic E-state index is 5.61. The Morgan fingerprint density at radius 2 is 1.94 bits per heavy atom. The maximum Gasteiger partial charge on any atom is 0.135 e. The minimum atomic E-state index is 0.598. The molecule has 1 aromatic carbocycles. The van der Waals surface area contributed by atoms with Crippen molar-refractivity contribution < 1.29 is 0 Å². The minimum Gasteiger partial charge on any atom is -0.383 e. The molecule has 16 heavy (non-hydrogen) atoms. The second kappa shape index (κ2) is 4.89. The topological polar surface area (TPSA) is 38.9 Å². The molecule has 4 heteroatoms. The first-order valence-corrected chi connectivity index (χ1v) is 6.89. The quantitative estimate of drug-likeness (QED) is 0.840. The van der Waals surface area contributed by atoms with Crippen molar-refractivity contribution in [1.82, 2.24) is 4.98 Å². The van der Waals surface area contributed by atoms with Gasteiger partial charge >= 0.3 is 0 Å². The molecule has 0 bridgehead atoms. The second-order valence-electron chi connectivity index (χ2n) is 3.77. The average Bonchev–Trinajstić information content (AvgIpc) is 2.65. The number of rotatable bonds is 3. The molecule has 1 aromatic heterocycles. The lowest BCUT2D eigenvalue weighted by molar-refractivity contribution is 1.11. The van der Waals surface area contributed by atoms with Gasteiger partial charge in [-0.05, 0) is 12.1 Å². The monoisotopic (exact) mass is 250 g/mol. The SMILES string of the molecule is CC(C)Sc1ccc(-c2nc(N)cs2)cc1. The molecule has 2 nitrogen and oxygen atoms in total. The van der Waals surface area contributed by atoms with Crippen LogP contribution in [0.1, 0.15) is 13.8 Å². The molecule has 0 amide bonds. The van der Waals surface area contributed by atoms with Gasteiger partial charge in [-0.15, -0.1) is 23.1 Å². The summed E-state index contributed by atoms with van der Waals surface area (Å²) < 4.78 is 0. The van der Waals surface area contributed by atoms with Gasteiger partial charge in [0.05, 0.1) is 0 Å². The van der Waals surface area contributed by atoms with E-state index in [1.54, 1.807) is 11.3 Å². The minimum absolute atomic E-state index is 0.598. The number of nitrogens with zero attached hydrogens (tertiary/aromatic N) is 1. The van der Waals surface area contributed by atoms with Gasteiger partial charge in [-0.2, -0.15) is 0 Å². The van der Waals surface area contributed by atoms with E-state index in [4.69, 9.17) is 5.73 Å². The third-order valence-corrected chi connectivity index (χ3v) is 3.92. The molecule has 0 aliphatic heterocycles. The highest BCUT2D eigenvalue weighted by Crippen LogP contribution is 2.28. The molecule has 0 fully saturated rings. The Labute approximate surface area is 104 Å². The maximum atomic E-state index is 5.61. The largest absolute Gasteiger partial charge is 0.383 e. The van der Waals surface area contributed by atoms with Crippen LogP contribution < -0.4 is 5.73 Å². The van der Waals surface area contributed by atoms with E-state index in [1.807, 2.05) is 17.1 Å². The second-order valence-corrected chi connectivity index (χ2v) is 6.28. The predicted octanol–water partition coefficient (Wildman–Crippen LogP) is 3.89. The van der Waals surface area contributed by atoms with Gasteiger partial charge in [-0.3, -0.25) is 0 Å². The molecule has 0 spiro atoms. The van der Waals surface area contributed by atoms with Crippen LogP contribution in [0.15, 0.2) is 34.5 Å². The molecule has 0 saturated heterocycles. The van der Waals surface area contributed by atoms with Gasteiger partial charge in [-0.25, -0.2) is 4.98 Å². The van der Waals surface area contributed by atoms with Crippen molar-refractivity contribution in [3.63, 3.8) is 0 Å². The normalized spacial score (nSPS) is 10.9. The summed E-state index contributed by atoms with van der Waals surface area (Å²) in [7, 11) is 0. The fourth-order valence-electron chi connectivity index (χ4n) is 1.37. The molecular weight excluding hydrogens is 236 g/mol. The first-order chi connectivity index (χ1) is 7.65. The van der Waals surface area contributed by atoms with Crippen LogP contribution in [-0.4, -0.2) is 10.2 Å². The number of nitrogen functional groups attached to an aromatic ring is 1. The van der Waals surface area contributed by atoms with E-state index in [0.717, 1.165) is 10.6 Å². The van der Waals surface area contributed by atoms with Crippen molar-refractivity contribution in [2.75, 3.05) is 5.73 Å². The lowest BCUT2D eigenvalue weighted by atomic mass is 10.2. The van der Waals surface area contributed by atoms with Gasteiger partial charge in [0.25, 0.3) is 0 Å². The van der Waals surface area contributed by atoms with Gasteiger partial charge in [0, 0.05) is 21.1 Å². The van der Waals surface area contributed by atoms with Crippen LogP contribution in [0.25, 0.3) is 10.6 Å². The Morgan fingerprint density at radius 3 is 2.44 bits per heavy atom. The highest BCUT2D eigenvalue weighted by Gasteiger charge is 2.03. The summed E-state index contributed by atoms with van der Waals surface area (Å²) in [5.41, 5.74) is 6.74. The lowest BCUT2D eigenvalue weighted by Gasteiger charge is -2.04. The number of hydrogen-bond donors (Lipinski definition) is 1. The zero-order valence-electron chi connectivity index (χ0n) is 9.31. The van der Waals surface area contributed by atoms with Gasteiger partial charge in [0.2, 0.25) is 0 Å². The van der Waals surface area contributed by atoms with Crippen LogP contribution in [0.2, 0.25) is 0 Å². The third-order valence-electron chi connectivity index (χ3n) is 1.99. The van der Waals surface area contributed by atoms with Crippen molar-refractivity contribution in [2.45, 2.75) is 24.0 Å². The summed E-state index contributed by atoms with van der Waals surface area (Å²) in [6.45, 7) is 4.39. The van der Waals surface area contributed by atoms with E-state index in [0.29, 0.717) is 11.1 Å². The van der Waals surface area contributed by atoms with Crippen LogP contribution in [0.3, 0.4) is 0 Å². The molecule has 0 aliphatic rings. The molecular formula is C12H14N2S2. The number of benzene rings is 1. The summed E-state index contributed by atoms with van der Waals surface area (Å²) >= 11 is 3.45. The first-order valence-electron chi connectivity index (χ1n) is 5.13. The molecule has 0 aliphatic carbocycles. The summed E-state index contributed by atoms with van der Waals surface area (Å²) in [6.07, 6.45) is 0. The van der Waals surface area contributed by atoms with E-state index >= 15 is 0 Å². The van der Waals surface area contributed by atoms with Crippen LogP contribution in [0.4, 0.5) is 5.82 Å². The van der Waals surface area contributed by atoms with E-state index in [-0.39, 0.29) is 0 Å². The molecule has 0 atom stereocenters. The van der Waals surface area contributed by atoms with Crippen molar-refractivity contribution in [2.24, 2.45) is 0 Å². The predicted molar refractivity (Wildman–Crippen MR) is 73.0 cm³/mol. The Kier molecular flexibility index (Phi) is 3.51. The Bertz CT molecular complexity index is 460. The molecule has 1 heterocycles. The van der Waals surface area contributed by atoms with Gasteiger partial charge in [0.1, 0.15) is 10.8 Å².